The van der Waals surface area contributed by atoms with Gasteiger partial charge in [0, 0.05) is 6.54 Å². The van der Waals surface area contributed by atoms with Gasteiger partial charge in [-0.15, -0.1) is 0 Å². The summed E-state index contributed by atoms with van der Waals surface area (Å²) in [6.45, 7) is 6.49. The maximum Gasteiger partial charge on any atom is 0.000988 e. The van der Waals surface area contributed by atoms with Crippen molar-refractivity contribution >= 4 is 0 Å². The predicted molar refractivity (Wildman–Crippen MR) is 52.2 cm³/mol. The zero-order chi connectivity index (χ0) is 8.39. The van der Waals surface area contributed by atoms with Gasteiger partial charge in [0.1, 0.15) is 0 Å². The van der Waals surface area contributed by atoms with Crippen LogP contribution >= 0.6 is 0 Å². The Labute approximate surface area is 76.1 Å². The Hall–Kier alpha value is -0.0400. The molecule has 1 saturated heterocycles. The lowest BCUT2D eigenvalue weighted by Crippen LogP contribution is -2.43. The molecule has 1 heterocycles. The predicted octanol–water partition coefficient (Wildman–Crippen LogP) is 2.52. The third kappa shape index (κ3) is 1.82. The van der Waals surface area contributed by atoms with Gasteiger partial charge in [0.2, 0.25) is 0 Å². The van der Waals surface area contributed by atoms with Gasteiger partial charge in [0.25, 0.3) is 0 Å². The van der Waals surface area contributed by atoms with Crippen molar-refractivity contribution in [2.45, 2.75) is 39.0 Å². The lowest BCUT2D eigenvalue weighted by molar-refractivity contribution is 0.0836. The Morgan fingerprint density at radius 2 is 1.92 bits per heavy atom. The molecule has 2 fully saturated rings. The summed E-state index contributed by atoms with van der Waals surface area (Å²) in [5.74, 6) is 2.17. The van der Waals surface area contributed by atoms with Crippen molar-refractivity contribution in [3.8, 4) is 0 Å². The molecule has 0 aromatic rings. The Bertz CT molecular complexity index is 134. The fourth-order valence-electron chi connectivity index (χ4n) is 2.60. The van der Waals surface area contributed by atoms with Crippen molar-refractivity contribution < 1.29 is 0 Å². The molecule has 0 unspecified atom stereocenters. The summed E-state index contributed by atoms with van der Waals surface area (Å²) >= 11 is 0. The lowest BCUT2D eigenvalue weighted by Gasteiger charge is -2.41. The monoisotopic (exact) mass is 167 g/mol. The van der Waals surface area contributed by atoms with E-state index in [2.05, 4.69) is 11.8 Å². The van der Waals surface area contributed by atoms with Crippen LogP contribution in [0.1, 0.15) is 39.0 Å². The van der Waals surface area contributed by atoms with Gasteiger partial charge in [-0.1, -0.05) is 19.8 Å². The summed E-state index contributed by atoms with van der Waals surface area (Å²) in [4.78, 5) is 2.62. The van der Waals surface area contributed by atoms with E-state index in [1.54, 1.807) is 0 Å². The van der Waals surface area contributed by atoms with Gasteiger partial charge in [-0.3, -0.25) is 0 Å². The number of nitrogens with zero attached hydrogens (tertiary/aromatic N) is 1. The van der Waals surface area contributed by atoms with Gasteiger partial charge < -0.3 is 4.90 Å². The summed E-state index contributed by atoms with van der Waals surface area (Å²) in [5.41, 5.74) is 0. The average molecular weight is 167 g/mol. The molecule has 1 heteroatoms. The Balaban J connectivity index is 1.55. The van der Waals surface area contributed by atoms with E-state index in [4.69, 9.17) is 0 Å². The van der Waals surface area contributed by atoms with Crippen molar-refractivity contribution in [3.05, 3.63) is 0 Å². The molecule has 0 atom stereocenters. The molecule has 1 nitrogen and oxygen atoms in total. The first-order valence-corrected chi connectivity index (χ1v) is 5.61. The van der Waals surface area contributed by atoms with E-state index in [1.807, 2.05) is 0 Å². The van der Waals surface area contributed by atoms with Crippen LogP contribution < -0.4 is 0 Å². The van der Waals surface area contributed by atoms with Gasteiger partial charge in [-0.05, 0) is 44.2 Å². The second-order valence-corrected chi connectivity index (χ2v) is 4.65. The highest BCUT2D eigenvalue weighted by Crippen LogP contribution is 2.37. The fraction of sp³-hybridized carbons (Fsp3) is 1.00. The highest BCUT2D eigenvalue weighted by molar-refractivity contribution is 4.83. The second kappa shape index (κ2) is 3.78. The molecule has 2 rings (SSSR count). The fourth-order valence-corrected chi connectivity index (χ4v) is 2.60. The topological polar surface area (TPSA) is 3.24 Å². The van der Waals surface area contributed by atoms with Crippen LogP contribution in [-0.4, -0.2) is 24.5 Å². The average Bonchev–Trinajstić information content (AvgIpc) is 1.89. The summed E-state index contributed by atoms with van der Waals surface area (Å²) in [5, 5.41) is 0. The smallest absolute Gasteiger partial charge is 0.000988 e. The van der Waals surface area contributed by atoms with Crippen molar-refractivity contribution in [1.82, 2.24) is 4.90 Å². The van der Waals surface area contributed by atoms with E-state index in [0.717, 1.165) is 11.8 Å². The molecule has 0 bridgehead atoms. The van der Waals surface area contributed by atoms with Crippen LogP contribution in [0.5, 0.6) is 0 Å². The maximum atomic E-state index is 2.62. The zero-order valence-corrected chi connectivity index (χ0v) is 8.26. The van der Waals surface area contributed by atoms with Crippen LogP contribution in [0, 0.1) is 11.8 Å². The molecule has 1 aliphatic carbocycles. The molecular weight excluding hydrogens is 146 g/mol. The van der Waals surface area contributed by atoms with E-state index in [9.17, 15) is 0 Å². The van der Waals surface area contributed by atoms with Crippen LogP contribution in [-0.2, 0) is 0 Å². The summed E-state index contributed by atoms with van der Waals surface area (Å²) in [7, 11) is 0. The first-order valence-electron chi connectivity index (χ1n) is 5.61. The minimum Gasteiger partial charge on any atom is -0.303 e. The summed E-state index contributed by atoms with van der Waals surface area (Å²) < 4.78 is 0. The second-order valence-electron chi connectivity index (χ2n) is 4.65. The number of hydrogen-bond donors (Lipinski definition) is 0. The van der Waals surface area contributed by atoms with Crippen molar-refractivity contribution in [3.63, 3.8) is 0 Å². The molecule has 0 amide bonds. The molecule has 1 saturated carbocycles. The van der Waals surface area contributed by atoms with E-state index < -0.39 is 0 Å². The molecule has 0 aromatic carbocycles. The van der Waals surface area contributed by atoms with Crippen LogP contribution in [0.2, 0.25) is 0 Å². The Morgan fingerprint density at radius 3 is 2.42 bits per heavy atom. The van der Waals surface area contributed by atoms with Crippen LogP contribution in [0.4, 0.5) is 0 Å². The highest BCUT2D eigenvalue weighted by atomic mass is 15.2. The summed E-state index contributed by atoms with van der Waals surface area (Å²) in [6.07, 6.45) is 7.39. The number of hydrogen-bond acceptors (Lipinski definition) is 1. The molecule has 2 aliphatic rings. The lowest BCUT2D eigenvalue weighted by atomic mass is 9.72. The van der Waals surface area contributed by atoms with Crippen molar-refractivity contribution in [2.24, 2.45) is 11.8 Å². The van der Waals surface area contributed by atoms with Gasteiger partial charge in [0.15, 0.2) is 0 Å². The largest absolute Gasteiger partial charge is 0.303 e. The summed E-state index contributed by atoms with van der Waals surface area (Å²) in [6, 6.07) is 0. The standard InChI is InChI=1S/C11H21N/c1-2-4-10-7-11(8-10)9-12-5-3-6-12/h10-11H,2-9H2,1H3. The molecule has 12 heavy (non-hydrogen) atoms. The van der Waals surface area contributed by atoms with Gasteiger partial charge in [0.05, 0.1) is 0 Å². The zero-order valence-electron chi connectivity index (χ0n) is 8.26. The Kier molecular flexibility index (Phi) is 2.69. The Morgan fingerprint density at radius 1 is 1.17 bits per heavy atom. The van der Waals surface area contributed by atoms with Crippen LogP contribution in [0.3, 0.4) is 0 Å². The molecular formula is C11H21N. The molecule has 70 valence electrons. The molecule has 1 aliphatic heterocycles. The van der Waals surface area contributed by atoms with Gasteiger partial charge in [-0.2, -0.15) is 0 Å². The number of likely N-dealkylation sites (tertiary alicyclic amines) is 1. The minimum absolute atomic E-state index is 1.07. The third-order valence-corrected chi connectivity index (χ3v) is 3.50. The SMILES string of the molecule is CCCC1CC(CN2CCC2)C1. The molecule has 0 N–H and O–H groups in total. The number of rotatable bonds is 4. The van der Waals surface area contributed by atoms with E-state index in [-0.39, 0.29) is 0 Å². The van der Waals surface area contributed by atoms with E-state index in [1.165, 1.54) is 51.7 Å². The quantitative estimate of drug-likeness (QED) is 0.622. The van der Waals surface area contributed by atoms with Gasteiger partial charge >= 0.3 is 0 Å². The maximum absolute atomic E-state index is 2.62. The first-order chi connectivity index (χ1) is 5.88. The van der Waals surface area contributed by atoms with Gasteiger partial charge in [-0.25, -0.2) is 0 Å². The van der Waals surface area contributed by atoms with Crippen molar-refractivity contribution in [1.29, 1.82) is 0 Å². The van der Waals surface area contributed by atoms with Crippen LogP contribution in [0.15, 0.2) is 0 Å². The normalized spacial score (nSPS) is 35.8. The third-order valence-electron chi connectivity index (χ3n) is 3.50. The highest BCUT2D eigenvalue weighted by Gasteiger charge is 2.30. The molecule has 0 radical (unpaired) electrons. The van der Waals surface area contributed by atoms with Crippen LogP contribution in [0.25, 0.3) is 0 Å². The van der Waals surface area contributed by atoms with E-state index in [0.29, 0.717) is 0 Å². The first kappa shape index (κ1) is 8.55. The van der Waals surface area contributed by atoms with E-state index >= 15 is 0 Å². The molecule has 0 spiro atoms. The minimum atomic E-state index is 1.07. The molecule has 0 aromatic heterocycles. The van der Waals surface area contributed by atoms with Crippen molar-refractivity contribution in [2.75, 3.05) is 19.6 Å².